The third-order valence-electron chi connectivity index (χ3n) is 3.31. The molecule has 112 valence electrons. The quantitative estimate of drug-likeness (QED) is 0.574. The lowest BCUT2D eigenvalue weighted by Gasteiger charge is -2.25. The van der Waals surface area contributed by atoms with Gasteiger partial charge >= 0.3 is 0 Å². The summed E-state index contributed by atoms with van der Waals surface area (Å²) in [6.45, 7) is 5.20. The second-order valence-corrected chi connectivity index (χ2v) is 5.73. The Morgan fingerprint density at radius 3 is 2.70 bits per heavy atom. The Labute approximate surface area is 120 Å². The maximum absolute atomic E-state index is 11.6. The first kappa shape index (κ1) is 16.3. The first-order valence-electron chi connectivity index (χ1n) is 6.86. The molecular weight excluding hydrogens is 254 g/mol. The van der Waals surface area contributed by atoms with E-state index in [2.05, 4.69) is 24.5 Å². The molecule has 0 aliphatic rings. The van der Waals surface area contributed by atoms with Gasteiger partial charge in [-0.15, -0.1) is 0 Å². The van der Waals surface area contributed by atoms with Crippen LogP contribution in [-0.2, 0) is 0 Å². The number of rotatable bonds is 7. The van der Waals surface area contributed by atoms with E-state index in [1.165, 1.54) is 0 Å². The Morgan fingerprint density at radius 1 is 1.40 bits per heavy atom. The van der Waals surface area contributed by atoms with Gasteiger partial charge in [0.05, 0.1) is 11.4 Å². The maximum atomic E-state index is 11.6. The second kappa shape index (κ2) is 7.14. The molecule has 20 heavy (non-hydrogen) atoms. The fraction of sp³-hybridized carbons (Fsp3) is 0.533. The Hall–Kier alpha value is -1.75. The molecule has 0 aliphatic heterocycles. The van der Waals surface area contributed by atoms with Gasteiger partial charge in [-0.05, 0) is 36.5 Å². The van der Waals surface area contributed by atoms with Crippen molar-refractivity contribution in [3.63, 3.8) is 0 Å². The highest BCUT2D eigenvalue weighted by Gasteiger charge is 2.17. The van der Waals surface area contributed by atoms with Crippen molar-refractivity contribution < 1.29 is 9.90 Å². The summed E-state index contributed by atoms with van der Waals surface area (Å²) in [7, 11) is 1.60. The molecule has 0 aliphatic carbocycles. The van der Waals surface area contributed by atoms with Gasteiger partial charge in [0.1, 0.15) is 0 Å². The fourth-order valence-corrected chi connectivity index (χ4v) is 1.98. The standard InChI is InChI=1S/C15H25N3O2/c1-15(2,7-4-8-19)10-18-13-9-11(14(20)17-3)5-6-12(13)16/h5-6,9,18-19H,4,7-8,10,16H2,1-3H3,(H,17,20). The number of nitrogens with one attached hydrogen (secondary N) is 2. The minimum atomic E-state index is -0.132. The van der Waals surface area contributed by atoms with Crippen LogP contribution in [0.1, 0.15) is 37.0 Å². The van der Waals surface area contributed by atoms with Gasteiger partial charge in [0, 0.05) is 25.8 Å². The van der Waals surface area contributed by atoms with Crippen LogP contribution in [-0.4, -0.2) is 31.2 Å². The molecule has 1 aromatic carbocycles. The van der Waals surface area contributed by atoms with E-state index in [1.807, 2.05) is 0 Å². The summed E-state index contributed by atoms with van der Waals surface area (Å²) in [4.78, 5) is 11.6. The highest BCUT2D eigenvalue weighted by molar-refractivity contribution is 5.96. The van der Waals surface area contributed by atoms with Gasteiger partial charge in [-0.25, -0.2) is 0 Å². The van der Waals surface area contributed by atoms with Gasteiger partial charge in [0.2, 0.25) is 0 Å². The molecule has 0 saturated heterocycles. The fourth-order valence-electron chi connectivity index (χ4n) is 1.98. The lowest BCUT2D eigenvalue weighted by molar-refractivity contribution is 0.0963. The first-order valence-corrected chi connectivity index (χ1v) is 6.86. The molecule has 0 spiro atoms. The Balaban J connectivity index is 2.74. The van der Waals surface area contributed by atoms with Gasteiger partial charge in [0.15, 0.2) is 0 Å². The number of amides is 1. The number of nitrogens with two attached hydrogens (primary N) is 1. The molecule has 0 saturated carbocycles. The summed E-state index contributed by atoms with van der Waals surface area (Å²) >= 11 is 0. The van der Waals surface area contributed by atoms with Crippen molar-refractivity contribution in [2.24, 2.45) is 5.41 Å². The van der Waals surface area contributed by atoms with E-state index < -0.39 is 0 Å². The molecule has 1 aromatic rings. The summed E-state index contributed by atoms with van der Waals surface area (Å²) in [6.07, 6.45) is 1.70. The van der Waals surface area contributed by atoms with E-state index in [9.17, 15) is 4.79 Å². The van der Waals surface area contributed by atoms with E-state index >= 15 is 0 Å². The lowest BCUT2D eigenvalue weighted by Crippen LogP contribution is -2.24. The predicted molar refractivity (Wildman–Crippen MR) is 82.8 cm³/mol. The monoisotopic (exact) mass is 279 g/mol. The normalized spacial score (nSPS) is 11.2. The van der Waals surface area contributed by atoms with Crippen LogP contribution >= 0.6 is 0 Å². The summed E-state index contributed by atoms with van der Waals surface area (Å²) in [5.41, 5.74) is 7.95. The third kappa shape index (κ3) is 4.74. The number of benzene rings is 1. The number of nitrogen functional groups attached to an aromatic ring is 1. The molecule has 5 heteroatoms. The molecule has 0 radical (unpaired) electrons. The largest absolute Gasteiger partial charge is 0.397 e. The molecule has 0 unspecified atom stereocenters. The van der Waals surface area contributed by atoms with Gasteiger partial charge in [-0.1, -0.05) is 13.8 Å². The van der Waals surface area contributed by atoms with Crippen molar-refractivity contribution in [3.8, 4) is 0 Å². The Kier molecular flexibility index (Phi) is 5.82. The van der Waals surface area contributed by atoms with Crippen LogP contribution in [0.3, 0.4) is 0 Å². The highest BCUT2D eigenvalue weighted by Crippen LogP contribution is 2.26. The zero-order chi connectivity index (χ0) is 15.2. The van der Waals surface area contributed by atoms with Crippen molar-refractivity contribution >= 4 is 17.3 Å². The van der Waals surface area contributed by atoms with E-state index in [0.717, 1.165) is 25.1 Å². The molecule has 5 nitrogen and oxygen atoms in total. The van der Waals surface area contributed by atoms with E-state index in [4.69, 9.17) is 10.8 Å². The maximum Gasteiger partial charge on any atom is 0.251 e. The van der Waals surface area contributed by atoms with Crippen LogP contribution in [0.15, 0.2) is 18.2 Å². The van der Waals surface area contributed by atoms with Crippen molar-refractivity contribution in [2.75, 3.05) is 31.2 Å². The Bertz CT molecular complexity index is 458. The van der Waals surface area contributed by atoms with Crippen molar-refractivity contribution in [1.82, 2.24) is 5.32 Å². The third-order valence-corrected chi connectivity index (χ3v) is 3.31. The van der Waals surface area contributed by atoms with Crippen LogP contribution in [0.5, 0.6) is 0 Å². The molecule has 0 fully saturated rings. The SMILES string of the molecule is CNC(=O)c1ccc(N)c(NCC(C)(C)CCCO)c1. The summed E-state index contributed by atoms with van der Waals surface area (Å²) in [5.74, 6) is -0.132. The molecule has 1 rings (SSSR count). The lowest BCUT2D eigenvalue weighted by atomic mass is 9.88. The molecule has 0 bridgehead atoms. The molecule has 0 heterocycles. The number of aliphatic hydroxyl groups excluding tert-OH is 1. The summed E-state index contributed by atoms with van der Waals surface area (Å²) < 4.78 is 0. The second-order valence-electron chi connectivity index (χ2n) is 5.73. The average Bonchev–Trinajstić information content (AvgIpc) is 2.43. The van der Waals surface area contributed by atoms with Gasteiger partial charge in [-0.3, -0.25) is 4.79 Å². The van der Waals surface area contributed by atoms with E-state index in [0.29, 0.717) is 11.3 Å². The van der Waals surface area contributed by atoms with Crippen LogP contribution in [0.4, 0.5) is 11.4 Å². The summed E-state index contributed by atoms with van der Waals surface area (Å²) in [6, 6.07) is 5.19. The van der Waals surface area contributed by atoms with Crippen molar-refractivity contribution in [2.45, 2.75) is 26.7 Å². The van der Waals surface area contributed by atoms with Gasteiger partial charge < -0.3 is 21.5 Å². The summed E-state index contributed by atoms with van der Waals surface area (Å²) in [5, 5.41) is 14.8. The van der Waals surface area contributed by atoms with Crippen LogP contribution in [0, 0.1) is 5.41 Å². The number of anilines is 2. The molecule has 0 atom stereocenters. The van der Waals surface area contributed by atoms with E-state index in [1.54, 1.807) is 25.2 Å². The minimum absolute atomic E-state index is 0.0538. The molecule has 1 amide bonds. The highest BCUT2D eigenvalue weighted by atomic mass is 16.2. The van der Waals surface area contributed by atoms with Crippen LogP contribution in [0.2, 0.25) is 0 Å². The van der Waals surface area contributed by atoms with Gasteiger partial charge in [0.25, 0.3) is 5.91 Å². The minimum Gasteiger partial charge on any atom is -0.397 e. The van der Waals surface area contributed by atoms with Crippen LogP contribution < -0.4 is 16.4 Å². The predicted octanol–water partition coefficient (Wildman–Crippen LogP) is 1.84. The molecule has 5 N–H and O–H groups in total. The molecular formula is C15H25N3O2. The number of hydrogen-bond acceptors (Lipinski definition) is 4. The first-order chi connectivity index (χ1) is 9.39. The smallest absolute Gasteiger partial charge is 0.251 e. The number of hydrogen-bond donors (Lipinski definition) is 4. The zero-order valence-electron chi connectivity index (χ0n) is 12.5. The van der Waals surface area contributed by atoms with Crippen molar-refractivity contribution in [1.29, 1.82) is 0 Å². The van der Waals surface area contributed by atoms with Gasteiger partial charge in [-0.2, -0.15) is 0 Å². The number of carbonyl (C=O) groups is 1. The zero-order valence-corrected chi connectivity index (χ0v) is 12.5. The van der Waals surface area contributed by atoms with Crippen molar-refractivity contribution in [3.05, 3.63) is 23.8 Å². The van der Waals surface area contributed by atoms with E-state index in [-0.39, 0.29) is 17.9 Å². The number of aliphatic hydroxyl groups is 1. The topological polar surface area (TPSA) is 87.4 Å². The molecule has 0 aromatic heterocycles. The van der Waals surface area contributed by atoms with Crippen LogP contribution in [0.25, 0.3) is 0 Å². The average molecular weight is 279 g/mol. The Morgan fingerprint density at radius 2 is 2.10 bits per heavy atom. The number of carbonyl (C=O) groups excluding carboxylic acids is 1.